The molecule has 1 amide bonds. The average molecular weight is 345 g/mol. The number of anilines is 1. The van der Waals surface area contributed by atoms with E-state index in [1.807, 2.05) is 6.92 Å². The summed E-state index contributed by atoms with van der Waals surface area (Å²) in [6.07, 6.45) is 0. The standard InChI is InChI=1S/C16H15N3O6/c1-9-4-5-13(15(6-9)25-3)17-16(20)12-7-11(18(21)22)8-14(10(12)2)19(23)24/h4-8H,1-3H3,(H,17,20). The van der Waals surface area contributed by atoms with E-state index in [1.165, 1.54) is 14.0 Å². The zero-order valence-corrected chi connectivity index (χ0v) is 13.7. The summed E-state index contributed by atoms with van der Waals surface area (Å²) in [5, 5.41) is 24.7. The number of non-ortho nitro benzene ring substituents is 1. The molecule has 0 atom stereocenters. The largest absolute Gasteiger partial charge is 0.495 e. The van der Waals surface area contributed by atoms with Gasteiger partial charge in [0.05, 0.1) is 34.3 Å². The molecule has 0 aliphatic carbocycles. The lowest BCUT2D eigenvalue weighted by Crippen LogP contribution is -2.15. The van der Waals surface area contributed by atoms with E-state index in [1.54, 1.807) is 18.2 Å². The van der Waals surface area contributed by atoms with Crippen molar-refractivity contribution in [2.45, 2.75) is 13.8 Å². The summed E-state index contributed by atoms with van der Waals surface area (Å²) in [6.45, 7) is 3.21. The van der Waals surface area contributed by atoms with Crippen molar-refractivity contribution in [2.24, 2.45) is 0 Å². The van der Waals surface area contributed by atoms with E-state index in [0.717, 1.165) is 17.7 Å². The molecule has 0 saturated heterocycles. The third-order valence-corrected chi connectivity index (χ3v) is 3.62. The van der Waals surface area contributed by atoms with Crippen molar-refractivity contribution in [3.63, 3.8) is 0 Å². The van der Waals surface area contributed by atoms with Crippen LogP contribution in [0, 0.1) is 34.1 Å². The van der Waals surface area contributed by atoms with Gasteiger partial charge in [0.15, 0.2) is 0 Å². The van der Waals surface area contributed by atoms with Gasteiger partial charge in [-0.2, -0.15) is 0 Å². The molecular formula is C16H15N3O6. The molecule has 0 spiro atoms. The second-order valence-electron chi connectivity index (χ2n) is 5.31. The molecule has 2 aromatic carbocycles. The number of methoxy groups -OCH3 is 1. The number of ether oxygens (including phenoxy) is 1. The average Bonchev–Trinajstić information content (AvgIpc) is 2.55. The summed E-state index contributed by atoms with van der Waals surface area (Å²) in [7, 11) is 1.44. The second-order valence-corrected chi connectivity index (χ2v) is 5.31. The Morgan fingerprint density at radius 2 is 1.76 bits per heavy atom. The van der Waals surface area contributed by atoms with Gasteiger partial charge in [-0.1, -0.05) is 6.07 Å². The SMILES string of the molecule is COc1cc(C)ccc1NC(=O)c1cc([N+](=O)[O-])cc([N+](=O)[O-])c1C. The van der Waals surface area contributed by atoms with Gasteiger partial charge in [0.1, 0.15) is 5.75 Å². The monoisotopic (exact) mass is 345 g/mol. The zero-order valence-electron chi connectivity index (χ0n) is 13.7. The van der Waals surface area contributed by atoms with E-state index >= 15 is 0 Å². The third kappa shape index (κ3) is 3.71. The molecule has 0 unspecified atom stereocenters. The van der Waals surface area contributed by atoms with Crippen molar-refractivity contribution in [3.05, 3.63) is 67.3 Å². The lowest BCUT2D eigenvalue weighted by Gasteiger charge is -2.12. The molecule has 0 radical (unpaired) electrons. The Morgan fingerprint density at radius 1 is 1.08 bits per heavy atom. The number of amides is 1. The highest BCUT2D eigenvalue weighted by Crippen LogP contribution is 2.30. The number of aryl methyl sites for hydroxylation is 1. The molecule has 0 aromatic heterocycles. The molecule has 1 N–H and O–H groups in total. The number of carbonyl (C=O) groups is 1. The summed E-state index contributed by atoms with van der Waals surface area (Å²) in [6, 6.07) is 6.92. The van der Waals surface area contributed by atoms with Gasteiger partial charge in [-0.25, -0.2) is 0 Å². The van der Waals surface area contributed by atoms with Gasteiger partial charge in [-0.3, -0.25) is 25.0 Å². The molecule has 130 valence electrons. The minimum Gasteiger partial charge on any atom is -0.495 e. The van der Waals surface area contributed by atoms with Gasteiger partial charge in [0, 0.05) is 11.6 Å². The molecular weight excluding hydrogens is 330 g/mol. The maximum atomic E-state index is 12.5. The maximum absolute atomic E-state index is 12.5. The number of nitro benzene ring substituents is 2. The number of benzene rings is 2. The number of rotatable bonds is 5. The van der Waals surface area contributed by atoms with Crippen LogP contribution in [0.15, 0.2) is 30.3 Å². The van der Waals surface area contributed by atoms with Crippen molar-refractivity contribution in [1.82, 2.24) is 0 Å². The summed E-state index contributed by atoms with van der Waals surface area (Å²) in [5.41, 5.74) is 0.139. The highest BCUT2D eigenvalue weighted by atomic mass is 16.6. The van der Waals surface area contributed by atoms with Crippen LogP contribution in [-0.4, -0.2) is 22.9 Å². The number of hydrogen-bond donors (Lipinski definition) is 1. The van der Waals surface area contributed by atoms with Gasteiger partial charge >= 0.3 is 0 Å². The predicted molar refractivity (Wildman–Crippen MR) is 90.2 cm³/mol. The number of nitrogens with one attached hydrogen (secondary N) is 1. The summed E-state index contributed by atoms with van der Waals surface area (Å²) >= 11 is 0. The molecule has 0 saturated carbocycles. The molecule has 2 aromatic rings. The van der Waals surface area contributed by atoms with E-state index in [4.69, 9.17) is 4.74 Å². The minimum atomic E-state index is -0.782. The molecule has 9 nitrogen and oxygen atoms in total. The Kier molecular flexibility index (Phi) is 4.97. The lowest BCUT2D eigenvalue weighted by atomic mass is 10.0. The first-order chi connectivity index (χ1) is 11.7. The first-order valence-electron chi connectivity index (χ1n) is 7.14. The Hall–Kier alpha value is -3.49. The Bertz CT molecular complexity index is 878. The van der Waals surface area contributed by atoms with Crippen LogP contribution in [0.4, 0.5) is 17.1 Å². The van der Waals surface area contributed by atoms with Crippen LogP contribution >= 0.6 is 0 Å². The first-order valence-corrected chi connectivity index (χ1v) is 7.14. The van der Waals surface area contributed by atoms with E-state index in [2.05, 4.69) is 5.32 Å². The molecule has 0 aliphatic rings. The fourth-order valence-electron chi connectivity index (χ4n) is 2.31. The van der Waals surface area contributed by atoms with Crippen molar-refractivity contribution >= 4 is 23.0 Å². The van der Waals surface area contributed by atoms with Crippen LogP contribution in [-0.2, 0) is 0 Å². The molecule has 0 aliphatic heterocycles. The highest BCUT2D eigenvalue weighted by Gasteiger charge is 2.25. The predicted octanol–water partition coefficient (Wildman–Crippen LogP) is 3.38. The lowest BCUT2D eigenvalue weighted by molar-refractivity contribution is -0.394. The molecule has 2 rings (SSSR count). The molecule has 9 heteroatoms. The number of hydrogen-bond acceptors (Lipinski definition) is 6. The topological polar surface area (TPSA) is 125 Å². The van der Waals surface area contributed by atoms with Crippen LogP contribution in [0.5, 0.6) is 5.75 Å². The fourth-order valence-corrected chi connectivity index (χ4v) is 2.31. The van der Waals surface area contributed by atoms with Gasteiger partial charge < -0.3 is 10.1 Å². The van der Waals surface area contributed by atoms with Gasteiger partial charge in [-0.05, 0) is 31.5 Å². The molecule has 0 fully saturated rings. The van der Waals surface area contributed by atoms with E-state index in [-0.39, 0.29) is 11.1 Å². The first kappa shape index (κ1) is 17.9. The summed E-state index contributed by atoms with van der Waals surface area (Å²) < 4.78 is 5.19. The van der Waals surface area contributed by atoms with Crippen LogP contribution < -0.4 is 10.1 Å². The number of nitrogens with zero attached hydrogens (tertiary/aromatic N) is 2. The summed E-state index contributed by atoms with van der Waals surface area (Å²) in [5.74, 6) is -0.294. The van der Waals surface area contributed by atoms with Crippen LogP contribution in [0.25, 0.3) is 0 Å². The van der Waals surface area contributed by atoms with E-state index in [0.29, 0.717) is 11.4 Å². The summed E-state index contributed by atoms with van der Waals surface area (Å²) in [4.78, 5) is 33.1. The third-order valence-electron chi connectivity index (χ3n) is 3.62. The molecule has 25 heavy (non-hydrogen) atoms. The van der Waals surface area contributed by atoms with Gasteiger partial charge in [0.2, 0.25) is 0 Å². The maximum Gasteiger partial charge on any atom is 0.279 e. The second kappa shape index (κ2) is 6.95. The smallest absolute Gasteiger partial charge is 0.279 e. The Balaban J connectivity index is 2.49. The van der Waals surface area contributed by atoms with Crippen molar-refractivity contribution in [2.75, 3.05) is 12.4 Å². The van der Waals surface area contributed by atoms with Crippen molar-refractivity contribution in [3.8, 4) is 5.75 Å². The van der Waals surface area contributed by atoms with Gasteiger partial charge in [0.25, 0.3) is 17.3 Å². The number of nitro groups is 2. The fraction of sp³-hybridized carbons (Fsp3) is 0.188. The van der Waals surface area contributed by atoms with Gasteiger partial charge in [-0.15, -0.1) is 0 Å². The minimum absolute atomic E-state index is 0.0409. The number of carbonyl (C=O) groups excluding carboxylic acids is 1. The Labute approximate surface area is 142 Å². The van der Waals surface area contributed by atoms with E-state index < -0.39 is 27.1 Å². The van der Waals surface area contributed by atoms with Crippen LogP contribution in [0.3, 0.4) is 0 Å². The zero-order chi connectivity index (χ0) is 18.7. The molecule has 0 bridgehead atoms. The highest BCUT2D eigenvalue weighted by molar-refractivity contribution is 6.07. The van der Waals surface area contributed by atoms with Crippen molar-refractivity contribution in [1.29, 1.82) is 0 Å². The van der Waals surface area contributed by atoms with Crippen molar-refractivity contribution < 1.29 is 19.4 Å². The quantitative estimate of drug-likeness (QED) is 0.654. The van der Waals surface area contributed by atoms with Crippen LogP contribution in [0.2, 0.25) is 0 Å². The molecule has 0 heterocycles. The Morgan fingerprint density at radius 3 is 2.32 bits per heavy atom. The normalized spacial score (nSPS) is 10.2. The van der Waals surface area contributed by atoms with Crippen LogP contribution in [0.1, 0.15) is 21.5 Å². The van der Waals surface area contributed by atoms with E-state index in [9.17, 15) is 25.0 Å².